The van der Waals surface area contributed by atoms with Gasteiger partial charge in [-0.2, -0.15) is 0 Å². The minimum atomic E-state index is -0.285. The van der Waals surface area contributed by atoms with Crippen molar-refractivity contribution in [2.75, 3.05) is 55.8 Å². The summed E-state index contributed by atoms with van der Waals surface area (Å²) < 4.78 is 0. The largest absolute Gasteiger partial charge is 0.368 e. The second-order valence-electron chi connectivity index (χ2n) is 6.05. The van der Waals surface area contributed by atoms with Crippen LogP contribution < -0.4 is 10.2 Å². The minimum absolute atomic E-state index is 0.0145. The van der Waals surface area contributed by atoms with Gasteiger partial charge in [0.25, 0.3) is 0 Å². The number of benzene rings is 1. The molecule has 8 heteroatoms. The standard InChI is InChI=1S/C17H22N4O3S/c22-15(11-21-13-25-12-17(21)24)18-10-16(23)20-8-6-19(7-9-20)14-4-2-1-3-5-14/h1-5H,6-13H2,(H,18,22). The maximum Gasteiger partial charge on any atom is 0.242 e. The van der Waals surface area contributed by atoms with Crippen molar-refractivity contribution >= 4 is 35.2 Å². The zero-order chi connectivity index (χ0) is 17.6. The summed E-state index contributed by atoms with van der Waals surface area (Å²) in [4.78, 5) is 41.1. The molecule has 1 aromatic rings. The Bertz CT molecular complexity index is 632. The van der Waals surface area contributed by atoms with E-state index in [1.165, 1.54) is 16.7 Å². The van der Waals surface area contributed by atoms with Crippen LogP contribution in [0.3, 0.4) is 0 Å². The maximum absolute atomic E-state index is 12.3. The molecule has 7 nitrogen and oxygen atoms in total. The van der Waals surface area contributed by atoms with E-state index in [1.54, 1.807) is 4.90 Å². The number of thioether (sulfide) groups is 1. The molecule has 2 saturated heterocycles. The van der Waals surface area contributed by atoms with Gasteiger partial charge in [-0.25, -0.2) is 0 Å². The molecule has 3 amide bonds. The highest BCUT2D eigenvalue weighted by molar-refractivity contribution is 8.00. The van der Waals surface area contributed by atoms with Crippen LogP contribution in [0.1, 0.15) is 0 Å². The number of nitrogens with one attached hydrogen (secondary N) is 1. The molecule has 2 heterocycles. The van der Waals surface area contributed by atoms with Crippen molar-refractivity contribution in [3.8, 4) is 0 Å². The van der Waals surface area contributed by atoms with Gasteiger partial charge in [-0.05, 0) is 12.1 Å². The quantitative estimate of drug-likeness (QED) is 0.797. The highest BCUT2D eigenvalue weighted by Gasteiger charge is 2.24. The first-order valence-corrected chi connectivity index (χ1v) is 9.49. The molecule has 1 aromatic carbocycles. The second kappa shape index (κ2) is 8.24. The molecule has 0 unspecified atom stereocenters. The third-order valence-electron chi connectivity index (χ3n) is 4.35. The van der Waals surface area contributed by atoms with E-state index in [1.807, 2.05) is 18.2 Å². The fourth-order valence-electron chi connectivity index (χ4n) is 2.91. The highest BCUT2D eigenvalue weighted by atomic mass is 32.2. The number of nitrogens with zero attached hydrogens (tertiary/aromatic N) is 3. The zero-order valence-corrected chi connectivity index (χ0v) is 14.8. The first-order chi connectivity index (χ1) is 12.1. The summed E-state index contributed by atoms with van der Waals surface area (Å²) in [5, 5.41) is 2.62. The lowest BCUT2D eigenvalue weighted by molar-refractivity contribution is -0.135. The molecule has 0 aliphatic carbocycles. The van der Waals surface area contributed by atoms with Crippen molar-refractivity contribution in [3.63, 3.8) is 0 Å². The smallest absolute Gasteiger partial charge is 0.242 e. The van der Waals surface area contributed by atoms with Crippen molar-refractivity contribution in [1.82, 2.24) is 15.1 Å². The van der Waals surface area contributed by atoms with Gasteiger partial charge in [-0.1, -0.05) is 18.2 Å². The van der Waals surface area contributed by atoms with E-state index in [0.29, 0.717) is 24.7 Å². The summed E-state index contributed by atoms with van der Waals surface area (Å²) in [6, 6.07) is 10.1. The second-order valence-corrected chi connectivity index (χ2v) is 7.00. The van der Waals surface area contributed by atoms with E-state index >= 15 is 0 Å². The number of carbonyl (C=O) groups excluding carboxylic acids is 3. The Balaban J connectivity index is 1.39. The van der Waals surface area contributed by atoms with Crippen LogP contribution in [-0.2, 0) is 14.4 Å². The minimum Gasteiger partial charge on any atom is -0.368 e. The summed E-state index contributed by atoms with van der Waals surface area (Å²) in [5.41, 5.74) is 1.16. The third kappa shape index (κ3) is 4.66. The van der Waals surface area contributed by atoms with Crippen molar-refractivity contribution in [2.24, 2.45) is 0 Å². The van der Waals surface area contributed by atoms with Gasteiger partial charge in [0.05, 0.1) is 18.2 Å². The van der Waals surface area contributed by atoms with Crippen LogP contribution in [0.4, 0.5) is 5.69 Å². The number of amides is 3. The van der Waals surface area contributed by atoms with Gasteiger partial charge < -0.3 is 20.0 Å². The molecule has 3 rings (SSSR count). The average molecular weight is 362 g/mol. The van der Waals surface area contributed by atoms with Crippen LogP contribution in [0.15, 0.2) is 30.3 Å². The molecule has 0 saturated carbocycles. The molecule has 0 aromatic heterocycles. The molecule has 0 radical (unpaired) electrons. The van der Waals surface area contributed by atoms with Gasteiger partial charge in [-0.3, -0.25) is 14.4 Å². The Morgan fingerprint density at radius 3 is 2.44 bits per heavy atom. The van der Waals surface area contributed by atoms with E-state index in [4.69, 9.17) is 0 Å². The highest BCUT2D eigenvalue weighted by Crippen LogP contribution is 2.15. The maximum atomic E-state index is 12.3. The van der Waals surface area contributed by atoms with Gasteiger partial charge in [-0.15, -0.1) is 11.8 Å². The first kappa shape index (κ1) is 17.6. The SMILES string of the molecule is O=C(CN1CSCC1=O)NCC(=O)N1CCN(c2ccccc2)CC1. The molecule has 0 bridgehead atoms. The summed E-state index contributed by atoms with van der Waals surface area (Å²) in [7, 11) is 0. The molecular formula is C17H22N4O3S. The lowest BCUT2D eigenvalue weighted by Crippen LogP contribution is -2.51. The summed E-state index contributed by atoms with van der Waals surface area (Å²) >= 11 is 1.49. The molecule has 2 aliphatic rings. The lowest BCUT2D eigenvalue weighted by atomic mass is 10.2. The predicted molar refractivity (Wildman–Crippen MR) is 97.3 cm³/mol. The molecule has 2 aliphatic heterocycles. The van der Waals surface area contributed by atoms with Gasteiger partial charge in [0.15, 0.2) is 0 Å². The van der Waals surface area contributed by atoms with Crippen LogP contribution in [0, 0.1) is 0 Å². The summed E-state index contributed by atoms with van der Waals surface area (Å²) in [5.74, 6) is 0.582. The number of para-hydroxylation sites is 1. The number of carbonyl (C=O) groups is 3. The number of rotatable bonds is 5. The topological polar surface area (TPSA) is 73.0 Å². The molecule has 134 valence electrons. The van der Waals surface area contributed by atoms with Crippen LogP contribution in [0.2, 0.25) is 0 Å². The number of anilines is 1. The molecule has 0 spiro atoms. The average Bonchev–Trinajstić information content (AvgIpc) is 3.05. The Kier molecular flexibility index (Phi) is 5.80. The fraction of sp³-hybridized carbons (Fsp3) is 0.471. The van der Waals surface area contributed by atoms with Gasteiger partial charge in [0.2, 0.25) is 17.7 Å². The Hall–Kier alpha value is -2.22. The van der Waals surface area contributed by atoms with E-state index < -0.39 is 0 Å². The number of hydrogen-bond donors (Lipinski definition) is 1. The van der Waals surface area contributed by atoms with Crippen molar-refractivity contribution in [2.45, 2.75) is 0 Å². The van der Waals surface area contributed by atoms with E-state index in [9.17, 15) is 14.4 Å². The van der Waals surface area contributed by atoms with Crippen molar-refractivity contribution in [1.29, 1.82) is 0 Å². The van der Waals surface area contributed by atoms with Gasteiger partial charge in [0, 0.05) is 31.9 Å². The summed E-state index contributed by atoms with van der Waals surface area (Å²) in [6.07, 6.45) is 0. The van der Waals surface area contributed by atoms with Crippen LogP contribution in [0.25, 0.3) is 0 Å². The summed E-state index contributed by atoms with van der Waals surface area (Å²) in [6.45, 7) is 2.86. The van der Waals surface area contributed by atoms with Crippen LogP contribution in [-0.4, -0.2) is 78.4 Å². The third-order valence-corrected chi connectivity index (χ3v) is 5.30. The number of hydrogen-bond acceptors (Lipinski definition) is 5. The molecule has 2 fully saturated rings. The fourth-order valence-corrected chi connectivity index (χ4v) is 3.81. The first-order valence-electron chi connectivity index (χ1n) is 8.33. The molecule has 1 N–H and O–H groups in total. The lowest BCUT2D eigenvalue weighted by Gasteiger charge is -2.36. The monoisotopic (exact) mass is 362 g/mol. The van der Waals surface area contributed by atoms with E-state index in [0.717, 1.165) is 18.8 Å². The Morgan fingerprint density at radius 1 is 1.08 bits per heavy atom. The van der Waals surface area contributed by atoms with Gasteiger partial charge >= 0.3 is 0 Å². The van der Waals surface area contributed by atoms with Crippen molar-refractivity contribution < 1.29 is 14.4 Å². The number of piperazine rings is 1. The molecule has 25 heavy (non-hydrogen) atoms. The normalized spacial score (nSPS) is 17.8. The predicted octanol–water partition coefficient (Wildman–Crippen LogP) is -0.0157. The van der Waals surface area contributed by atoms with E-state index in [-0.39, 0.29) is 30.8 Å². The molecular weight excluding hydrogens is 340 g/mol. The van der Waals surface area contributed by atoms with Crippen LogP contribution in [0.5, 0.6) is 0 Å². The van der Waals surface area contributed by atoms with E-state index in [2.05, 4.69) is 22.3 Å². The van der Waals surface area contributed by atoms with Gasteiger partial charge in [0.1, 0.15) is 6.54 Å². The Morgan fingerprint density at radius 2 is 1.80 bits per heavy atom. The zero-order valence-electron chi connectivity index (χ0n) is 14.0. The Labute approximate surface area is 151 Å². The van der Waals surface area contributed by atoms with Crippen LogP contribution >= 0.6 is 11.8 Å². The molecule has 0 atom stereocenters. The van der Waals surface area contributed by atoms with Crippen molar-refractivity contribution in [3.05, 3.63) is 30.3 Å².